The van der Waals surface area contributed by atoms with Crippen molar-refractivity contribution in [2.45, 2.75) is 19.3 Å². The predicted molar refractivity (Wildman–Crippen MR) is 120 cm³/mol. The Kier molecular flexibility index (Phi) is 3.84. The van der Waals surface area contributed by atoms with Crippen molar-refractivity contribution >= 4 is 42.9 Å². The lowest BCUT2D eigenvalue weighted by atomic mass is 9.84. The van der Waals surface area contributed by atoms with Gasteiger partial charge in [0, 0.05) is 44.0 Å². The molecule has 0 atom stereocenters. The molecule has 3 aromatic carbocycles. The van der Waals surface area contributed by atoms with E-state index < -0.39 is 0 Å². The first-order valence-corrected chi connectivity index (χ1v) is 10.2. The molecular weight excluding hydrogens is 362 g/mol. The molecule has 1 aliphatic heterocycles. The molecule has 1 aliphatic rings. The lowest BCUT2D eigenvalue weighted by Gasteiger charge is -2.22. The zero-order chi connectivity index (χ0) is 19.3. The van der Waals surface area contributed by atoms with Crippen LogP contribution in [0.15, 0.2) is 88.9 Å². The summed E-state index contributed by atoms with van der Waals surface area (Å²) in [5.74, 6) is 0. The van der Waals surface area contributed by atoms with Gasteiger partial charge in [-0.3, -0.25) is 0 Å². The van der Waals surface area contributed by atoms with E-state index in [4.69, 9.17) is 0 Å². The van der Waals surface area contributed by atoms with Gasteiger partial charge in [0.2, 0.25) is 0 Å². The summed E-state index contributed by atoms with van der Waals surface area (Å²) in [5, 5.41) is 11.5. The minimum Gasteiger partial charge on any atom is -0.346 e. The molecule has 1 aromatic heterocycles. The molecule has 4 aromatic rings. The fourth-order valence-electron chi connectivity index (χ4n) is 4.16. The van der Waals surface area contributed by atoms with Crippen LogP contribution in [0.4, 0.5) is 11.4 Å². The van der Waals surface area contributed by atoms with Crippen molar-refractivity contribution in [2.24, 2.45) is 10.2 Å². The minimum absolute atomic E-state index is 0.0854. The Labute approximate surface area is 168 Å². The molecule has 0 amide bonds. The smallest absolute Gasteiger partial charge is 0.0864 e. The lowest BCUT2D eigenvalue weighted by Crippen LogP contribution is -2.22. The Bertz CT molecular complexity index is 1260. The highest BCUT2D eigenvalue weighted by molar-refractivity contribution is 7.25. The van der Waals surface area contributed by atoms with Crippen LogP contribution in [-0.4, -0.2) is 7.05 Å². The summed E-state index contributed by atoms with van der Waals surface area (Å²) in [5.41, 5.74) is 4.51. The molecule has 28 heavy (non-hydrogen) atoms. The maximum absolute atomic E-state index is 4.50. The van der Waals surface area contributed by atoms with E-state index in [0.29, 0.717) is 0 Å². The zero-order valence-corrected chi connectivity index (χ0v) is 17.0. The maximum atomic E-state index is 4.50. The molecule has 0 saturated heterocycles. The average molecular weight is 384 g/mol. The Morgan fingerprint density at radius 1 is 0.893 bits per heavy atom. The number of hydrogen-bond donors (Lipinski definition) is 0. The number of nitrogens with zero attached hydrogens (tertiary/aromatic N) is 3. The van der Waals surface area contributed by atoms with E-state index >= 15 is 0 Å². The Morgan fingerprint density at radius 3 is 2.50 bits per heavy atom. The van der Waals surface area contributed by atoms with Crippen LogP contribution < -0.4 is 4.90 Å². The molecule has 0 fully saturated rings. The highest BCUT2D eigenvalue weighted by Crippen LogP contribution is 2.46. The van der Waals surface area contributed by atoms with Crippen LogP contribution in [0.25, 0.3) is 20.2 Å². The molecule has 0 N–H and O–H groups in total. The molecule has 0 spiro atoms. The molecule has 3 nitrogen and oxygen atoms in total. The van der Waals surface area contributed by atoms with Crippen LogP contribution in [0.5, 0.6) is 0 Å². The molecule has 0 radical (unpaired) electrons. The quantitative estimate of drug-likeness (QED) is 0.331. The molecule has 5 rings (SSSR count). The normalized spacial score (nSPS) is 17.2. The Hall–Kier alpha value is -2.98. The number of anilines is 1. The summed E-state index contributed by atoms with van der Waals surface area (Å²) in [7, 11) is 2.10. The van der Waals surface area contributed by atoms with E-state index in [1.54, 1.807) is 0 Å². The molecular formula is C24H21N3S. The second kappa shape index (κ2) is 6.28. The van der Waals surface area contributed by atoms with Crippen molar-refractivity contribution < 1.29 is 0 Å². The topological polar surface area (TPSA) is 28.0 Å². The number of hydrogen-bond acceptors (Lipinski definition) is 4. The van der Waals surface area contributed by atoms with Gasteiger partial charge in [-0.1, -0.05) is 50.2 Å². The number of azo groups is 1. The summed E-state index contributed by atoms with van der Waals surface area (Å²) < 4.78 is 2.59. The van der Waals surface area contributed by atoms with Crippen LogP contribution in [0.2, 0.25) is 0 Å². The largest absolute Gasteiger partial charge is 0.346 e. The van der Waals surface area contributed by atoms with Crippen LogP contribution >= 0.6 is 11.3 Å². The van der Waals surface area contributed by atoms with Gasteiger partial charge in [-0.15, -0.1) is 11.3 Å². The summed E-state index contributed by atoms with van der Waals surface area (Å²) in [6.45, 7) is 4.47. The highest BCUT2D eigenvalue weighted by atomic mass is 32.1. The number of para-hydroxylation sites is 1. The fourth-order valence-corrected chi connectivity index (χ4v) is 5.24. The third kappa shape index (κ3) is 2.56. The van der Waals surface area contributed by atoms with Crippen LogP contribution in [0, 0.1) is 0 Å². The average Bonchev–Trinajstić information content (AvgIpc) is 3.16. The highest BCUT2D eigenvalue weighted by Gasteiger charge is 2.38. The Balaban J connectivity index is 1.51. The second-order valence-electron chi connectivity index (χ2n) is 7.71. The molecule has 138 valence electrons. The van der Waals surface area contributed by atoms with Gasteiger partial charge in [-0.05, 0) is 35.9 Å². The van der Waals surface area contributed by atoms with E-state index in [0.717, 1.165) is 11.4 Å². The first kappa shape index (κ1) is 17.1. The number of thiophene rings is 1. The third-order valence-corrected chi connectivity index (χ3v) is 6.81. The van der Waals surface area contributed by atoms with Crippen molar-refractivity contribution in [3.05, 3.63) is 84.2 Å². The first-order chi connectivity index (χ1) is 13.6. The number of benzene rings is 3. The summed E-state index contributed by atoms with van der Waals surface area (Å²) in [4.78, 5) is 2.21. The van der Waals surface area contributed by atoms with Crippen molar-refractivity contribution in [3.8, 4) is 0 Å². The number of allylic oxidation sites excluding steroid dienone is 1. The van der Waals surface area contributed by atoms with Crippen molar-refractivity contribution in [1.29, 1.82) is 0 Å². The summed E-state index contributed by atoms with van der Waals surface area (Å²) >= 11 is 1.82. The SMILES string of the molecule is CN1C(=CN=Nc2ccc3sc4ccccc4c3c2)C(C)(C)c2ccccc21. The molecule has 0 saturated carbocycles. The van der Waals surface area contributed by atoms with E-state index in [1.807, 2.05) is 23.6 Å². The van der Waals surface area contributed by atoms with Gasteiger partial charge in [-0.2, -0.15) is 10.2 Å². The standard InChI is InChI=1S/C24H21N3S/c1-24(2)19-9-5-6-10-20(19)27(3)23(24)15-25-26-16-12-13-22-18(14-16)17-8-4-7-11-21(17)28-22/h4-15H,1-3H3. The van der Waals surface area contributed by atoms with E-state index in [9.17, 15) is 0 Å². The van der Waals surface area contributed by atoms with Crippen molar-refractivity contribution in [1.82, 2.24) is 0 Å². The van der Waals surface area contributed by atoms with Gasteiger partial charge in [0.05, 0.1) is 11.9 Å². The number of likely N-dealkylation sites (N-methyl/N-ethyl adjacent to an activating group) is 1. The van der Waals surface area contributed by atoms with Gasteiger partial charge in [0.1, 0.15) is 0 Å². The molecule has 4 heteroatoms. The molecule has 0 aliphatic carbocycles. The van der Waals surface area contributed by atoms with Gasteiger partial charge < -0.3 is 4.90 Å². The Morgan fingerprint density at radius 2 is 1.64 bits per heavy atom. The number of fused-ring (bicyclic) bond motifs is 4. The predicted octanol–water partition coefficient (Wildman–Crippen LogP) is 7.41. The van der Waals surface area contributed by atoms with Gasteiger partial charge >= 0.3 is 0 Å². The van der Waals surface area contributed by atoms with Crippen molar-refractivity contribution in [3.63, 3.8) is 0 Å². The van der Waals surface area contributed by atoms with Crippen molar-refractivity contribution in [2.75, 3.05) is 11.9 Å². The first-order valence-electron chi connectivity index (χ1n) is 9.42. The molecule has 0 bridgehead atoms. The zero-order valence-electron chi connectivity index (χ0n) is 16.2. The number of rotatable bonds is 2. The van der Waals surface area contributed by atoms with Crippen LogP contribution in [-0.2, 0) is 5.41 Å². The molecule has 0 unspecified atom stereocenters. The second-order valence-corrected chi connectivity index (χ2v) is 8.79. The van der Waals surface area contributed by atoms with Crippen LogP contribution in [0.3, 0.4) is 0 Å². The van der Waals surface area contributed by atoms with Gasteiger partial charge in [0.15, 0.2) is 0 Å². The van der Waals surface area contributed by atoms with E-state index in [-0.39, 0.29) is 5.41 Å². The maximum Gasteiger partial charge on any atom is 0.0864 e. The summed E-state index contributed by atoms with van der Waals surface area (Å²) in [6.07, 6.45) is 1.90. The third-order valence-electron chi connectivity index (χ3n) is 5.65. The summed E-state index contributed by atoms with van der Waals surface area (Å²) in [6, 6.07) is 23.4. The molecule has 2 heterocycles. The lowest BCUT2D eigenvalue weighted by molar-refractivity contribution is 0.637. The van der Waals surface area contributed by atoms with Crippen LogP contribution in [0.1, 0.15) is 19.4 Å². The van der Waals surface area contributed by atoms with E-state index in [1.165, 1.54) is 31.4 Å². The fraction of sp³-hybridized carbons (Fsp3) is 0.167. The van der Waals surface area contributed by atoms with Gasteiger partial charge in [0.25, 0.3) is 0 Å². The van der Waals surface area contributed by atoms with E-state index in [2.05, 4.69) is 96.7 Å². The van der Waals surface area contributed by atoms with Gasteiger partial charge in [-0.25, -0.2) is 0 Å². The monoisotopic (exact) mass is 383 g/mol. The minimum atomic E-state index is -0.0854.